The molecule has 84 valence electrons. The van der Waals surface area contributed by atoms with Crippen LogP contribution in [0.5, 0.6) is 0 Å². The fourth-order valence-electron chi connectivity index (χ4n) is 0.669. The van der Waals surface area contributed by atoms with Crippen molar-refractivity contribution in [1.29, 1.82) is 0 Å². The molecule has 0 spiro atoms. The van der Waals surface area contributed by atoms with Gasteiger partial charge < -0.3 is 0 Å². The van der Waals surface area contributed by atoms with Gasteiger partial charge in [0.2, 0.25) is 0 Å². The molecule has 10 nitrogen and oxygen atoms in total. The van der Waals surface area contributed by atoms with E-state index in [-0.39, 0.29) is 4.68 Å². The van der Waals surface area contributed by atoms with E-state index in [1.54, 1.807) is 0 Å². The molecule has 1 rings (SSSR count). The lowest BCUT2D eigenvalue weighted by Gasteiger charge is -1.98. The van der Waals surface area contributed by atoms with Gasteiger partial charge in [0.05, 0.1) is 6.20 Å². The summed E-state index contributed by atoms with van der Waals surface area (Å²) >= 11 is 0. The molecule has 0 fully saturated rings. The predicted octanol–water partition coefficient (Wildman–Crippen LogP) is -1.62. The van der Waals surface area contributed by atoms with Gasteiger partial charge in [-0.3, -0.25) is 10.1 Å². The average Bonchev–Trinajstić information content (AvgIpc) is 2.16. The highest BCUT2D eigenvalue weighted by atomic mass is 32.2. The highest BCUT2D eigenvalue weighted by molar-refractivity contribution is 7.62. The maximum atomic E-state index is 11.1. The molecule has 0 radical (unpaired) electrons. The van der Waals surface area contributed by atoms with Crippen LogP contribution in [-0.4, -0.2) is 35.5 Å². The topological polar surface area (TPSA) is 140 Å². The van der Waals surface area contributed by atoms with Crippen molar-refractivity contribution in [1.82, 2.24) is 20.3 Å². The van der Waals surface area contributed by atoms with Crippen LogP contribution in [0.15, 0.2) is 21.4 Å². The monoisotopic (exact) mass is 245 g/mol. The zero-order chi connectivity index (χ0) is 12.1. The molecule has 0 aliphatic rings. The first-order chi connectivity index (χ1) is 7.50. The number of nitrogens with one attached hydrogen (secondary N) is 1. The normalized spacial score (nSPS) is 9.25. The molecule has 0 aliphatic carbocycles. The second-order valence-electron chi connectivity index (χ2n) is 2.21. The lowest BCUT2D eigenvalue weighted by atomic mass is 10.7. The average molecular weight is 245 g/mol. The number of amides is 3. The molecule has 3 amide bonds. The van der Waals surface area contributed by atoms with Crippen molar-refractivity contribution in [3.8, 4) is 0 Å². The molecule has 11 heteroatoms. The molecule has 1 aromatic rings. The SMILES string of the molecule is O=C(N=S(=O)=O)NC(=O)n1nnccc1=O. The number of rotatable bonds is 0. The van der Waals surface area contributed by atoms with Crippen LogP contribution >= 0.6 is 0 Å². The van der Waals surface area contributed by atoms with E-state index in [2.05, 4.69) is 14.7 Å². The Morgan fingerprint density at radius 1 is 1.44 bits per heavy atom. The molecule has 0 atom stereocenters. The van der Waals surface area contributed by atoms with E-state index < -0.39 is 28.1 Å². The second kappa shape index (κ2) is 4.88. The summed E-state index contributed by atoms with van der Waals surface area (Å²) in [6, 6.07) is -1.76. The maximum absolute atomic E-state index is 11.1. The summed E-state index contributed by atoms with van der Waals surface area (Å²) in [6.45, 7) is 0. The van der Waals surface area contributed by atoms with E-state index in [0.717, 1.165) is 12.3 Å². The molecular formula is C5H3N5O5S. The zero-order valence-electron chi connectivity index (χ0n) is 7.39. The smallest absolute Gasteiger partial charge is 0.267 e. The number of nitrogens with zero attached hydrogens (tertiary/aromatic N) is 4. The standard InChI is InChI=1S/C5H3N5O5S/c11-3-1-2-6-9-10(3)5(13)7-4(12)8-16(14)15/h1-2H,(H,7,12,13). The Hall–Kier alpha value is -2.43. The van der Waals surface area contributed by atoms with Crippen molar-refractivity contribution >= 4 is 22.6 Å². The lowest BCUT2D eigenvalue weighted by Crippen LogP contribution is -2.39. The number of aromatic nitrogens is 3. The van der Waals surface area contributed by atoms with E-state index in [1.165, 1.54) is 5.32 Å². The molecular weight excluding hydrogens is 242 g/mol. The van der Waals surface area contributed by atoms with Crippen LogP contribution < -0.4 is 10.9 Å². The summed E-state index contributed by atoms with van der Waals surface area (Å²) in [5.74, 6) is 0. The molecule has 1 aromatic heterocycles. The van der Waals surface area contributed by atoms with Crippen molar-refractivity contribution in [2.24, 2.45) is 4.36 Å². The first-order valence-electron chi connectivity index (χ1n) is 3.58. The van der Waals surface area contributed by atoms with Gasteiger partial charge in [-0.25, -0.2) is 9.59 Å². The van der Waals surface area contributed by atoms with E-state index in [9.17, 15) is 22.8 Å². The Kier molecular flexibility index (Phi) is 3.55. The summed E-state index contributed by atoms with van der Waals surface area (Å²) in [5, 5.41) is 7.82. The van der Waals surface area contributed by atoms with Crippen molar-refractivity contribution in [2.45, 2.75) is 0 Å². The van der Waals surface area contributed by atoms with Gasteiger partial charge in [0.25, 0.3) is 5.56 Å². The maximum Gasteiger partial charge on any atom is 0.364 e. The van der Waals surface area contributed by atoms with E-state index in [0.29, 0.717) is 0 Å². The molecule has 0 saturated carbocycles. The van der Waals surface area contributed by atoms with Crippen molar-refractivity contribution < 1.29 is 18.0 Å². The van der Waals surface area contributed by atoms with Crippen molar-refractivity contribution in [3.05, 3.63) is 22.6 Å². The van der Waals surface area contributed by atoms with Crippen LogP contribution in [0, 0.1) is 0 Å². The summed E-state index contributed by atoms with van der Waals surface area (Å²) in [5.41, 5.74) is -0.830. The molecule has 0 saturated heterocycles. The first-order valence-corrected chi connectivity index (χ1v) is 4.61. The third-order valence-corrected chi connectivity index (χ3v) is 1.51. The van der Waals surface area contributed by atoms with Gasteiger partial charge >= 0.3 is 22.6 Å². The Balaban J connectivity index is 2.90. The number of urea groups is 1. The quantitative estimate of drug-likeness (QED) is 0.578. The second-order valence-corrected chi connectivity index (χ2v) is 2.83. The predicted molar refractivity (Wildman–Crippen MR) is 47.0 cm³/mol. The lowest BCUT2D eigenvalue weighted by molar-refractivity contribution is 0.229. The van der Waals surface area contributed by atoms with Gasteiger partial charge in [-0.05, 0) is 0 Å². The summed E-state index contributed by atoms with van der Waals surface area (Å²) in [4.78, 5) is 32.8. The number of hydrogen-bond acceptors (Lipinski definition) is 7. The van der Waals surface area contributed by atoms with E-state index in [4.69, 9.17) is 0 Å². The summed E-state index contributed by atoms with van der Waals surface area (Å²) in [6.07, 6.45) is 1.05. The van der Waals surface area contributed by atoms with Gasteiger partial charge in [-0.1, -0.05) is 9.58 Å². The third kappa shape index (κ3) is 3.06. The van der Waals surface area contributed by atoms with Crippen molar-refractivity contribution in [3.63, 3.8) is 0 Å². The van der Waals surface area contributed by atoms with Crippen LogP contribution in [0.1, 0.15) is 0 Å². The summed E-state index contributed by atoms with van der Waals surface area (Å²) < 4.78 is 22.6. The zero-order valence-corrected chi connectivity index (χ0v) is 8.21. The first kappa shape index (κ1) is 11.6. The van der Waals surface area contributed by atoms with Crippen LogP contribution in [0.2, 0.25) is 0 Å². The molecule has 1 heterocycles. The van der Waals surface area contributed by atoms with Gasteiger partial charge in [-0.15, -0.1) is 9.78 Å². The minimum atomic E-state index is -2.99. The van der Waals surface area contributed by atoms with Crippen LogP contribution in [0.25, 0.3) is 0 Å². The molecule has 0 unspecified atom stereocenters. The van der Waals surface area contributed by atoms with E-state index in [1.807, 2.05) is 0 Å². The van der Waals surface area contributed by atoms with Gasteiger partial charge in [0.15, 0.2) is 0 Å². The fraction of sp³-hybridized carbons (Fsp3) is 0. The highest BCUT2D eigenvalue weighted by Gasteiger charge is 2.11. The van der Waals surface area contributed by atoms with Gasteiger partial charge in [0, 0.05) is 6.07 Å². The van der Waals surface area contributed by atoms with Crippen LogP contribution in [0.4, 0.5) is 9.59 Å². The fourth-order valence-corrected chi connectivity index (χ4v) is 0.850. The number of imide groups is 1. The molecule has 0 aliphatic heterocycles. The highest BCUT2D eigenvalue weighted by Crippen LogP contribution is 1.77. The third-order valence-electron chi connectivity index (χ3n) is 1.20. The van der Waals surface area contributed by atoms with E-state index >= 15 is 0 Å². The van der Waals surface area contributed by atoms with Crippen LogP contribution in [0.3, 0.4) is 0 Å². The molecule has 0 aromatic carbocycles. The molecule has 0 bridgehead atoms. The summed E-state index contributed by atoms with van der Waals surface area (Å²) in [7, 11) is -2.99. The number of hydrogen-bond donors (Lipinski definition) is 1. The van der Waals surface area contributed by atoms with Crippen LogP contribution in [-0.2, 0) is 10.5 Å². The Bertz CT molecular complexity index is 608. The minimum Gasteiger partial charge on any atom is -0.267 e. The molecule has 1 N–H and O–H groups in total. The molecule has 16 heavy (non-hydrogen) atoms. The minimum absolute atomic E-state index is 0.237. The van der Waals surface area contributed by atoms with Gasteiger partial charge in [0.1, 0.15) is 0 Å². The Morgan fingerprint density at radius 3 is 2.69 bits per heavy atom. The van der Waals surface area contributed by atoms with Crippen molar-refractivity contribution in [2.75, 3.05) is 0 Å². The largest absolute Gasteiger partial charge is 0.364 e. The number of carbonyl (C=O) groups excluding carboxylic acids is 2. The Morgan fingerprint density at radius 2 is 2.12 bits per heavy atom. The number of carbonyl (C=O) groups is 2. The van der Waals surface area contributed by atoms with Gasteiger partial charge in [-0.2, -0.15) is 8.42 Å². The Labute approximate surface area is 88.6 Å².